The van der Waals surface area contributed by atoms with E-state index in [0.717, 1.165) is 25.9 Å². The maximum atomic E-state index is 12.8. The molecule has 0 spiro atoms. The fourth-order valence-electron chi connectivity index (χ4n) is 2.74. The van der Waals surface area contributed by atoms with Crippen LogP contribution in [0.1, 0.15) is 26.7 Å². The minimum absolute atomic E-state index is 0.0418. The molecule has 1 fully saturated rings. The topological polar surface area (TPSA) is 61.4 Å². The molecule has 0 radical (unpaired) electrons. The van der Waals surface area contributed by atoms with E-state index < -0.39 is 0 Å². The van der Waals surface area contributed by atoms with Gasteiger partial charge in [0.2, 0.25) is 11.8 Å². The summed E-state index contributed by atoms with van der Waals surface area (Å²) in [6.07, 6.45) is 1.54. The molecular weight excluding hydrogens is 309 g/mol. The van der Waals surface area contributed by atoms with Gasteiger partial charge < -0.3 is 10.6 Å². The number of anilines is 1. The molecule has 0 bridgehead atoms. The number of carbonyl (C=O) groups is 2. The van der Waals surface area contributed by atoms with E-state index in [9.17, 15) is 14.0 Å². The molecule has 5 nitrogen and oxygen atoms in total. The van der Waals surface area contributed by atoms with Crippen LogP contribution in [0.15, 0.2) is 24.3 Å². The largest absolute Gasteiger partial charge is 0.356 e. The molecule has 0 atom stereocenters. The van der Waals surface area contributed by atoms with E-state index in [1.807, 2.05) is 4.90 Å². The molecule has 1 saturated heterocycles. The maximum Gasteiger partial charge on any atom is 0.238 e. The van der Waals surface area contributed by atoms with Gasteiger partial charge in [0.05, 0.1) is 6.54 Å². The Hall–Kier alpha value is -1.95. The lowest BCUT2D eigenvalue weighted by Crippen LogP contribution is -2.43. The van der Waals surface area contributed by atoms with Crippen molar-refractivity contribution < 1.29 is 14.0 Å². The summed E-state index contributed by atoms with van der Waals surface area (Å²) in [5, 5.41) is 5.73. The minimum atomic E-state index is -0.328. The van der Waals surface area contributed by atoms with Crippen LogP contribution in [-0.2, 0) is 9.59 Å². The summed E-state index contributed by atoms with van der Waals surface area (Å²) < 4.78 is 12.8. The summed E-state index contributed by atoms with van der Waals surface area (Å²) in [5.74, 6) is 0.165. The fraction of sp³-hybridized carbons (Fsp3) is 0.556. The highest BCUT2D eigenvalue weighted by Gasteiger charge is 2.25. The van der Waals surface area contributed by atoms with Crippen molar-refractivity contribution in [2.24, 2.45) is 11.8 Å². The highest BCUT2D eigenvalue weighted by atomic mass is 19.1. The Labute approximate surface area is 142 Å². The highest BCUT2D eigenvalue weighted by Crippen LogP contribution is 2.17. The predicted octanol–water partition coefficient (Wildman–Crippen LogP) is 2.25. The zero-order valence-electron chi connectivity index (χ0n) is 14.3. The third-order valence-electron chi connectivity index (χ3n) is 4.14. The van der Waals surface area contributed by atoms with Crippen LogP contribution < -0.4 is 10.6 Å². The molecule has 0 aromatic heterocycles. The van der Waals surface area contributed by atoms with Gasteiger partial charge in [0.1, 0.15) is 5.82 Å². The van der Waals surface area contributed by atoms with Crippen LogP contribution >= 0.6 is 0 Å². The lowest BCUT2D eigenvalue weighted by atomic mass is 9.95. The highest BCUT2D eigenvalue weighted by molar-refractivity contribution is 5.92. The van der Waals surface area contributed by atoms with Crippen LogP contribution in [0.3, 0.4) is 0 Å². The second kappa shape index (κ2) is 8.78. The number of likely N-dealkylation sites (tertiary alicyclic amines) is 1. The number of hydrogen-bond donors (Lipinski definition) is 2. The molecule has 0 aliphatic carbocycles. The number of rotatable bonds is 6. The first kappa shape index (κ1) is 18.4. The van der Waals surface area contributed by atoms with Crippen LogP contribution in [0.4, 0.5) is 10.1 Å². The Morgan fingerprint density at radius 2 is 1.83 bits per heavy atom. The normalized spacial score (nSPS) is 16.2. The van der Waals surface area contributed by atoms with Gasteiger partial charge in [0.15, 0.2) is 0 Å². The van der Waals surface area contributed by atoms with Gasteiger partial charge in [-0.3, -0.25) is 14.5 Å². The van der Waals surface area contributed by atoms with Crippen molar-refractivity contribution in [2.75, 3.05) is 31.5 Å². The molecule has 2 N–H and O–H groups in total. The first-order valence-corrected chi connectivity index (χ1v) is 8.49. The molecule has 1 aromatic carbocycles. The van der Waals surface area contributed by atoms with E-state index in [4.69, 9.17) is 0 Å². The number of nitrogens with one attached hydrogen (secondary N) is 2. The zero-order chi connectivity index (χ0) is 17.5. The molecule has 2 amide bonds. The van der Waals surface area contributed by atoms with Crippen molar-refractivity contribution in [1.29, 1.82) is 0 Å². The van der Waals surface area contributed by atoms with Crippen molar-refractivity contribution in [3.63, 3.8) is 0 Å². The van der Waals surface area contributed by atoms with Crippen molar-refractivity contribution in [3.8, 4) is 0 Å². The molecule has 24 heavy (non-hydrogen) atoms. The smallest absolute Gasteiger partial charge is 0.238 e. The van der Waals surface area contributed by atoms with Gasteiger partial charge in [-0.05, 0) is 56.1 Å². The molecule has 1 aromatic rings. The van der Waals surface area contributed by atoms with Crippen molar-refractivity contribution in [2.45, 2.75) is 26.7 Å². The first-order valence-electron chi connectivity index (χ1n) is 8.49. The second-order valence-corrected chi connectivity index (χ2v) is 6.74. The zero-order valence-corrected chi connectivity index (χ0v) is 14.3. The van der Waals surface area contributed by atoms with Gasteiger partial charge in [-0.15, -0.1) is 0 Å². The lowest BCUT2D eigenvalue weighted by Gasteiger charge is -2.30. The number of benzene rings is 1. The standard InChI is InChI=1S/C18H26FN3O2/c1-13(2)11-20-18(24)14-7-9-22(10-8-14)12-17(23)21-16-5-3-15(19)4-6-16/h3-6,13-14H,7-12H2,1-2H3,(H,20,24)(H,21,23). The quantitative estimate of drug-likeness (QED) is 0.838. The second-order valence-electron chi connectivity index (χ2n) is 6.74. The van der Waals surface area contributed by atoms with Crippen LogP contribution in [0.5, 0.6) is 0 Å². The summed E-state index contributed by atoms with van der Waals surface area (Å²) in [6.45, 7) is 6.61. The monoisotopic (exact) mass is 335 g/mol. The number of carbonyl (C=O) groups excluding carboxylic acids is 2. The third-order valence-corrected chi connectivity index (χ3v) is 4.14. The minimum Gasteiger partial charge on any atom is -0.356 e. The number of piperidine rings is 1. The third kappa shape index (κ3) is 5.92. The molecule has 1 aliphatic rings. The fourth-order valence-corrected chi connectivity index (χ4v) is 2.74. The number of hydrogen-bond acceptors (Lipinski definition) is 3. The number of nitrogens with zero attached hydrogens (tertiary/aromatic N) is 1. The molecular formula is C18H26FN3O2. The lowest BCUT2D eigenvalue weighted by molar-refractivity contribution is -0.126. The van der Waals surface area contributed by atoms with Gasteiger partial charge in [-0.1, -0.05) is 13.8 Å². The summed E-state index contributed by atoms with van der Waals surface area (Å²) >= 11 is 0. The van der Waals surface area contributed by atoms with E-state index in [1.54, 1.807) is 12.1 Å². The van der Waals surface area contributed by atoms with Crippen molar-refractivity contribution in [3.05, 3.63) is 30.1 Å². The molecule has 0 saturated carbocycles. The summed E-state index contributed by atoms with van der Waals surface area (Å²) in [5.41, 5.74) is 0.587. The molecule has 1 heterocycles. The first-order chi connectivity index (χ1) is 11.4. The Kier molecular flexibility index (Phi) is 6.73. The molecule has 0 unspecified atom stereocenters. The Morgan fingerprint density at radius 3 is 2.42 bits per heavy atom. The van der Waals surface area contributed by atoms with E-state index in [-0.39, 0.29) is 30.1 Å². The van der Waals surface area contributed by atoms with Crippen molar-refractivity contribution in [1.82, 2.24) is 10.2 Å². The SMILES string of the molecule is CC(C)CNC(=O)C1CCN(CC(=O)Nc2ccc(F)cc2)CC1. The van der Waals surface area contributed by atoms with E-state index in [2.05, 4.69) is 24.5 Å². The van der Waals surface area contributed by atoms with E-state index in [0.29, 0.717) is 18.2 Å². The van der Waals surface area contributed by atoms with Crippen LogP contribution in [0, 0.1) is 17.7 Å². The van der Waals surface area contributed by atoms with Crippen LogP contribution in [0.2, 0.25) is 0 Å². The van der Waals surface area contributed by atoms with Crippen LogP contribution in [-0.4, -0.2) is 42.9 Å². The molecule has 6 heteroatoms. The van der Waals surface area contributed by atoms with E-state index in [1.165, 1.54) is 12.1 Å². The summed E-state index contributed by atoms with van der Waals surface area (Å²) in [4.78, 5) is 26.1. The predicted molar refractivity (Wildman–Crippen MR) is 92.0 cm³/mol. The summed E-state index contributed by atoms with van der Waals surface area (Å²) in [6, 6.07) is 5.71. The Balaban J connectivity index is 1.71. The molecule has 1 aliphatic heterocycles. The summed E-state index contributed by atoms with van der Waals surface area (Å²) in [7, 11) is 0. The Bertz CT molecular complexity index is 552. The average Bonchev–Trinajstić information content (AvgIpc) is 2.55. The maximum absolute atomic E-state index is 12.8. The Morgan fingerprint density at radius 1 is 1.21 bits per heavy atom. The van der Waals surface area contributed by atoms with Crippen LogP contribution in [0.25, 0.3) is 0 Å². The molecule has 2 rings (SSSR count). The van der Waals surface area contributed by atoms with Crippen molar-refractivity contribution >= 4 is 17.5 Å². The van der Waals surface area contributed by atoms with E-state index >= 15 is 0 Å². The van der Waals surface area contributed by atoms with Gasteiger partial charge in [0, 0.05) is 18.2 Å². The number of amides is 2. The van der Waals surface area contributed by atoms with Gasteiger partial charge in [0.25, 0.3) is 0 Å². The van der Waals surface area contributed by atoms with Gasteiger partial charge in [-0.25, -0.2) is 4.39 Å². The number of halogens is 1. The molecule has 132 valence electrons. The van der Waals surface area contributed by atoms with Gasteiger partial charge in [-0.2, -0.15) is 0 Å². The average molecular weight is 335 g/mol. The van der Waals surface area contributed by atoms with Gasteiger partial charge >= 0.3 is 0 Å².